The lowest BCUT2D eigenvalue weighted by molar-refractivity contribution is -0.144. The van der Waals surface area contributed by atoms with Gasteiger partial charge in [-0.2, -0.15) is 0 Å². The molecule has 1 aliphatic rings. The maximum Gasteiger partial charge on any atom is 0.408 e. The Balaban J connectivity index is 2.43. The maximum absolute atomic E-state index is 13.7. The predicted molar refractivity (Wildman–Crippen MR) is 131 cm³/mol. The molecule has 4 atom stereocenters. The van der Waals surface area contributed by atoms with Crippen LogP contribution in [-0.2, 0) is 14.3 Å². The van der Waals surface area contributed by atoms with Crippen LogP contribution in [0.5, 0.6) is 0 Å². The molecule has 190 valence electrons. The number of nitrogens with one attached hydrogen (secondary N) is 2. The summed E-state index contributed by atoms with van der Waals surface area (Å²) in [6, 6.07) is 3.55. The van der Waals surface area contributed by atoms with Gasteiger partial charge in [-0.15, -0.1) is 0 Å². The molecule has 1 aromatic carbocycles. The van der Waals surface area contributed by atoms with Crippen molar-refractivity contribution in [3.05, 3.63) is 34.9 Å². The Labute approximate surface area is 203 Å². The summed E-state index contributed by atoms with van der Waals surface area (Å²) in [5.74, 6) is -0.554. The van der Waals surface area contributed by atoms with Gasteiger partial charge in [0.2, 0.25) is 11.8 Å². The van der Waals surface area contributed by atoms with Crippen LogP contribution >= 0.6 is 0 Å². The van der Waals surface area contributed by atoms with E-state index in [4.69, 9.17) is 4.74 Å². The maximum atomic E-state index is 13.7. The molecule has 1 saturated carbocycles. The van der Waals surface area contributed by atoms with Crippen molar-refractivity contribution in [3.63, 3.8) is 0 Å². The normalized spacial score (nSPS) is 19.1. The Bertz CT molecular complexity index is 880. The predicted octanol–water partition coefficient (Wildman–Crippen LogP) is 3.38. The molecule has 3 N–H and O–H groups in total. The number of benzene rings is 1. The van der Waals surface area contributed by atoms with E-state index >= 15 is 0 Å². The van der Waals surface area contributed by atoms with Crippen LogP contribution in [0.3, 0.4) is 0 Å². The fraction of sp³-hybridized carbons (Fsp3) is 0.654. The number of aryl methyl sites for hydroxylation is 2. The van der Waals surface area contributed by atoms with Crippen molar-refractivity contribution in [2.45, 2.75) is 91.5 Å². The molecule has 8 nitrogen and oxygen atoms in total. The van der Waals surface area contributed by atoms with E-state index in [0.717, 1.165) is 36.0 Å². The minimum atomic E-state index is -1.22. The number of carbonyl (C=O) groups excluding carboxylic acids is 3. The number of carbonyl (C=O) groups is 3. The largest absolute Gasteiger partial charge is 0.444 e. The standard InChI is InChI=1S/C26H41N3O5/c1-8-9-12-27-23(31)22(19-11-10-16(2)13-17(19)3)29(21-14-18(21)4)24(32)20(15-30)28-25(33)34-26(5,6)7/h10-11,13,18,20-22,30H,8-9,12,14-15H2,1-7H3,(H,27,31)(H,28,33). The molecule has 0 saturated heterocycles. The molecule has 4 unspecified atom stereocenters. The van der Waals surface area contributed by atoms with Crippen LogP contribution in [0.15, 0.2) is 18.2 Å². The van der Waals surface area contributed by atoms with Crippen LogP contribution in [0.1, 0.15) is 76.6 Å². The highest BCUT2D eigenvalue weighted by Gasteiger charge is 2.48. The van der Waals surface area contributed by atoms with E-state index in [0.29, 0.717) is 6.54 Å². The molecule has 0 aliphatic heterocycles. The van der Waals surface area contributed by atoms with Gasteiger partial charge >= 0.3 is 6.09 Å². The zero-order valence-corrected chi connectivity index (χ0v) is 21.6. The molecule has 0 aromatic heterocycles. The molecular weight excluding hydrogens is 434 g/mol. The lowest BCUT2D eigenvalue weighted by Crippen LogP contribution is -2.55. The summed E-state index contributed by atoms with van der Waals surface area (Å²) in [7, 11) is 0. The van der Waals surface area contributed by atoms with Crippen LogP contribution in [0.2, 0.25) is 0 Å². The highest BCUT2D eigenvalue weighted by Crippen LogP contribution is 2.41. The number of amides is 3. The van der Waals surface area contributed by atoms with E-state index in [2.05, 4.69) is 10.6 Å². The van der Waals surface area contributed by atoms with E-state index in [9.17, 15) is 19.5 Å². The number of hydrogen-bond donors (Lipinski definition) is 3. The SMILES string of the molecule is CCCCNC(=O)C(c1ccc(C)cc1C)N(C(=O)C(CO)NC(=O)OC(C)(C)C)C1CC1C. The first-order valence-corrected chi connectivity index (χ1v) is 12.2. The third kappa shape index (κ3) is 7.45. The summed E-state index contributed by atoms with van der Waals surface area (Å²) < 4.78 is 5.28. The summed E-state index contributed by atoms with van der Waals surface area (Å²) in [5, 5.41) is 15.5. The lowest BCUT2D eigenvalue weighted by atomic mass is 9.96. The van der Waals surface area contributed by atoms with Crippen molar-refractivity contribution >= 4 is 17.9 Å². The summed E-state index contributed by atoms with van der Waals surface area (Å²) in [5.41, 5.74) is 1.95. The molecule has 0 heterocycles. The zero-order chi connectivity index (χ0) is 25.6. The number of ether oxygens (including phenoxy) is 1. The van der Waals surface area contributed by atoms with Gasteiger partial charge < -0.3 is 25.4 Å². The second-order valence-electron chi connectivity index (χ2n) is 10.3. The molecule has 34 heavy (non-hydrogen) atoms. The van der Waals surface area contributed by atoms with Gasteiger partial charge in [0.05, 0.1) is 6.61 Å². The van der Waals surface area contributed by atoms with Crippen molar-refractivity contribution in [1.82, 2.24) is 15.5 Å². The van der Waals surface area contributed by atoms with Crippen LogP contribution in [0.4, 0.5) is 4.79 Å². The molecule has 1 aliphatic carbocycles. The fourth-order valence-corrected chi connectivity index (χ4v) is 4.02. The van der Waals surface area contributed by atoms with Crippen molar-refractivity contribution in [2.24, 2.45) is 5.92 Å². The molecule has 0 spiro atoms. The second-order valence-corrected chi connectivity index (χ2v) is 10.3. The third-order valence-corrected chi connectivity index (χ3v) is 5.93. The van der Waals surface area contributed by atoms with Gasteiger partial charge in [-0.3, -0.25) is 9.59 Å². The number of rotatable bonds is 10. The molecule has 0 bridgehead atoms. The van der Waals surface area contributed by atoms with E-state index < -0.39 is 36.3 Å². The lowest BCUT2D eigenvalue weighted by Gasteiger charge is -2.35. The first kappa shape index (κ1) is 27.6. The van der Waals surface area contributed by atoms with Gasteiger partial charge in [0.1, 0.15) is 17.7 Å². The molecule has 8 heteroatoms. The zero-order valence-electron chi connectivity index (χ0n) is 21.6. The summed E-state index contributed by atoms with van der Waals surface area (Å²) in [4.78, 5) is 41.1. The molecule has 3 amide bonds. The average Bonchev–Trinajstić information content (AvgIpc) is 3.45. The second kappa shape index (κ2) is 11.7. The molecule has 2 rings (SSSR count). The summed E-state index contributed by atoms with van der Waals surface area (Å²) in [6.07, 6.45) is 1.72. The number of alkyl carbamates (subject to hydrolysis) is 1. The Morgan fingerprint density at radius 1 is 1.24 bits per heavy atom. The molecule has 1 fully saturated rings. The monoisotopic (exact) mass is 475 g/mol. The fourth-order valence-electron chi connectivity index (χ4n) is 4.02. The van der Waals surface area contributed by atoms with Gasteiger partial charge in [0.15, 0.2) is 0 Å². The van der Waals surface area contributed by atoms with Crippen LogP contribution in [-0.4, -0.2) is 58.8 Å². The van der Waals surface area contributed by atoms with E-state index in [1.807, 2.05) is 45.9 Å². The third-order valence-electron chi connectivity index (χ3n) is 5.93. The number of aliphatic hydroxyl groups excluding tert-OH is 1. The quantitative estimate of drug-likeness (QED) is 0.450. The summed E-state index contributed by atoms with van der Waals surface area (Å²) >= 11 is 0. The highest BCUT2D eigenvalue weighted by atomic mass is 16.6. The van der Waals surface area contributed by atoms with Gasteiger partial charge in [-0.1, -0.05) is 44.0 Å². The van der Waals surface area contributed by atoms with Gasteiger partial charge in [0.25, 0.3) is 0 Å². The van der Waals surface area contributed by atoms with Crippen molar-refractivity contribution in [1.29, 1.82) is 0 Å². The molecule has 1 aromatic rings. The van der Waals surface area contributed by atoms with Crippen LogP contribution < -0.4 is 10.6 Å². The number of hydrogen-bond acceptors (Lipinski definition) is 5. The Kier molecular flexibility index (Phi) is 9.50. The van der Waals surface area contributed by atoms with E-state index in [-0.39, 0.29) is 17.9 Å². The van der Waals surface area contributed by atoms with Crippen LogP contribution in [0.25, 0.3) is 0 Å². The molecular formula is C26H41N3O5. The highest BCUT2D eigenvalue weighted by molar-refractivity contribution is 5.93. The Morgan fingerprint density at radius 2 is 1.88 bits per heavy atom. The summed E-state index contributed by atoms with van der Waals surface area (Å²) in [6.45, 7) is 13.0. The van der Waals surface area contributed by atoms with Crippen molar-refractivity contribution < 1.29 is 24.2 Å². The number of unbranched alkanes of at least 4 members (excludes halogenated alkanes) is 1. The number of aliphatic hydroxyl groups is 1. The minimum absolute atomic E-state index is 0.162. The van der Waals surface area contributed by atoms with Gasteiger partial charge in [0, 0.05) is 12.6 Å². The average molecular weight is 476 g/mol. The van der Waals surface area contributed by atoms with Crippen LogP contribution in [0, 0.1) is 19.8 Å². The van der Waals surface area contributed by atoms with Crippen molar-refractivity contribution in [3.8, 4) is 0 Å². The number of nitrogens with zero attached hydrogens (tertiary/aromatic N) is 1. The smallest absolute Gasteiger partial charge is 0.408 e. The first-order chi connectivity index (χ1) is 15.9. The van der Waals surface area contributed by atoms with Gasteiger partial charge in [-0.25, -0.2) is 4.79 Å². The minimum Gasteiger partial charge on any atom is -0.444 e. The van der Waals surface area contributed by atoms with E-state index in [1.165, 1.54) is 0 Å². The van der Waals surface area contributed by atoms with Gasteiger partial charge in [-0.05, 0) is 64.5 Å². The Hall–Kier alpha value is -2.61. The first-order valence-electron chi connectivity index (χ1n) is 12.2. The van der Waals surface area contributed by atoms with E-state index in [1.54, 1.807) is 25.7 Å². The molecule has 0 radical (unpaired) electrons. The topological polar surface area (TPSA) is 108 Å². The van der Waals surface area contributed by atoms with Crippen molar-refractivity contribution in [2.75, 3.05) is 13.2 Å². The Morgan fingerprint density at radius 3 is 2.38 bits per heavy atom.